The predicted molar refractivity (Wildman–Crippen MR) is 114 cm³/mol. The maximum absolute atomic E-state index is 11.4. The molecule has 0 aliphatic carbocycles. The van der Waals surface area contributed by atoms with E-state index < -0.39 is 10.0 Å². The number of hydrogen-bond donors (Lipinski definition) is 2. The number of sulfonamides is 1. The first-order valence-electron chi connectivity index (χ1n) is 8.72. The molecule has 29 heavy (non-hydrogen) atoms. The van der Waals surface area contributed by atoms with Crippen LogP contribution in [0.3, 0.4) is 0 Å². The Labute approximate surface area is 174 Å². The highest BCUT2D eigenvalue weighted by molar-refractivity contribution is 7.99. The van der Waals surface area contributed by atoms with Crippen LogP contribution in [0, 0.1) is 11.3 Å². The smallest absolute Gasteiger partial charge is 0.238 e. The van der Waals surface area contributed by atoms with E-state index in [4.69, 9.17) is 5.14 Å². The second-order valence-corrected chi connectivity index (χ2v) is 9.52. The third kappa shape index (κ3) is 5.12. The molecule has 3 N–H and O–H groups in total. The van der Waals surface area contributed by atoms with E-state index in [2.05, 4.69) is 21.4 Å². The molecule has 0 fully saturated rings. The Morgan fingerprint density at radius 1 is 1.07 bits per heavy atom. The lowest BCUT2D eigenvalue weighted by atomic mass is 10.1. The standard InChI is InChI=1S/C20H19N5O2S2/c1-13(2)28-20-24-18(14-6-4-3-5-7-14)17(12-21)19(25-20)23-15-8-10-16(11-9-15)29(22,26)27/h3-11,13H,1-2H3,(H2,22,26,27)(H,23,24,25). The van der Waals surface area contributed by atoms with Gasteiger partial charge in [-0.1, -0.05) is 55.9 Å². The lowest BCUT2D eigenvalue weighted by Crippen LogP contribution is -2.12. The maximum Gasteiger partial charge on any atom is 0.238 e. The van der Waals surface area contributed by atoms with Gasteiger partial charge in [-0.3, -0.25) is 0 Å². The van der Waals surface area contributed by atoms with Crippen molar-refractivity contribution in [3.63, 3.8) is 0 Å². The monoisotopic (exact) mass is 425 g/mol. The Bertz CT molecular complexity index is 1160. The first-order valence-corrected chi connectivity index (χ1v) is 11.1. The number of anilines is 2. The van der Waals surface area contributed by atoms with Crippen molar-refractivity contribution in [3.8, 4) is 17.3 Å². The number of rotatable bonds is 6. The number of nitrogens with one attached hydrogen (secondary N) is 1. The van der Waals surface area contributed by atoms with Gasteiger partial charge in [0.2, 0.25) is 10.0 Å². The van der Waals surface area contributed by atoms with Gasteiger partial charge in [0.1, 0.15) is 11.6 Å². The number of nitriles is 1. The fourth-order valence-electron chi connectivity index (χ4n) is 2.57. The van der Waals surface area contributed by atoms with Crippen LogP contribution in [-0.4, -0.2) is 23.6 Å². The molecule has 1 aromatic heterocycles. The average Bonchev–Trinajstić information content (AvgIpc) is 2.67. The minimum absolute atomic E-state index is 0.00673. The molecule has 0 spiro atoms. The summed E-state index contributed by atoms with van der Waals surface area (Å²) in [5, 5.41) is 18.8. The van der Waals surface area contributed by atoms with Crippen LogP contribution >= 0.6 is 11.8 Å². The molecule has 0 bridgehead atoms. The summed E-state index contributed by atoms with van der Waals surface area (Å²) < 4.78 is 22.9. The molecule has 0 atom stereocenters. The van der Waals surface area contributed by atoms with Crippen LogP contribution in [0.1, 0.15) is 19.4 Å². The van der Waals surface area contributed by atoms with Crippen molar-refractivity contribution in [1.82, 2.24) is 9.97 Å². The van der Waals surface area contributed by atoms with Crippen LogP contribution in [0.25, 0.3) is 11.3 Å². The van der Waals surface area contributed by atoms with Crippen molar-refractivity contribution in [2.45, 2.75) is 29.1 Å². The Morgan fingerprint density at radius 2 is 1.72 bits per heavy atom. The summed E-state index contributed by atoms with van der Waals surface area (Å²) in [7, 11) is -3.78. The molecule has 0 saturated heterocycles. The fourth-order valence-corrected chi connectivity index (χ4v) is 3.79. The molecule has 0 unspecified atom stereocenters. The van der Waals surface area contributed by atoms with E-state index in [1.165, 1.54) is 23.9 Å². The summed E-state index contributed by atoms with van der Waals surface area (Å²) in [6.07, 6.45) is 0. The molecule has 3 rings (SSSR count). The minimum atomic E-state index is -3.78. The number of hydrogen-bond acceptors (Lipinski definition) is 7. The van der Waals surface area contributed by atoms with Crippen molar-refractivity contribution in [3.05, 3.63) is 60.2 Å². The van der Waals surface area contributed by atoms with Gasteiger partial charge in [0.15, 0.2) is 11.0 Å². The molecule has 148 valence electrons. The average molecular weight is 426 g/mol. The first-order chi connectivity index (χ1) is 13.8. The van der Waals surface area contributed by atoms with Gasteiger partial charge in [0.05, 0.1) is 10.6 Å². The van der Waals surface area contributed by atoms with E-state index in [9.17, 15) is 13.7 Å². The van der Waals surface area contributed by atoms with Gasteiger partial charge in [-0.2, -0.15) is 5.26 Å². The molecule has 3 aromatic rings. The number of thioether (sulfide) groups is 1. The van der Waals surface area contributed by atoms with Crippen molar-refractivity contribution in [2.24, 2.45) is 5.14 Å². The molecule has 0 amide bonds. The van der Waals surface area contributed by atoms with Gasteiger partial charge in [0.25, 0.3) is 0 Å². The van der Waals surface area contributed by atoms with Gasteiger partial charge >= 0.3 is 0 Å². The summed E-state index contributed by atoms with van der Waals surface area (Å²) in [5.41, 5.74) is 2.23. The normalized spacial score (nSPS) is 11.3. The van der Waals surface area contributed by atoms with E-state index in [0.29, 0.717) is 27.9 Å². The van der Waals surface area contributed by atoms with E-state index in [1.54, 1.807) is 12.1 Å². The lowest BCUT2D eigenvalue weighted by Gasteiger charge is -2.14. The van der Waals surface area contributed by atoms with E-state index in [1.807, 2.05) is 44.2 Å². The molecular weight excluding hydrogens is 406 g/mol. The van der Waals surface area contributed by atoms with Crippen molar-refractivity contribution in [1.29, 1.82) is 5.26 Å². The second-order valence-electron chi connectivity index (χ2n) is 6.42. The second kappa shape index (κ2) is 8.61. The summed E-state index contributed by atoms with van der Waals surface area (Å²) in [5.74, 6) is 0.354. The van der Waals surface area contributed by atoms with Crippen molar-refractivity contribution in [2.75, 3.05) is 5.32 Å². The quantitative estimate of drug-likeness (QED) is 0.453. The zero-order chi connectivity index (χ0) is 21.0. The topological polar surface area (TPSA) is 122 Å². The largest absolute Gasteiger partial charge is 0.339 e. The summed E-state index contributed by atoms with van der Waals surface area (Å²) in [4.78, 5) is 9.11. The molecule has 0 aliphatic rings. The molecule has 7 nitrogen and oxygen atoms in total. The third-order valence-electron chi connectivity index (χ3n) is 3.83. The van der Waals surface area contributed by atoms with Gasteiger partial charge in [-0.25, -0.2) is 23.5 Å². The zero-order valence-electron chi connectivity index (χ0n) is 15.8. The van der Waals surface area contributed by atoms with Crippen LogP contribution in [0.5, 0.6) is 0 Å². The molecule has 9 heteroatoms. The van der Waals surface area contributed by atoms with Gasteiger partial charge < -0.3 is 5.32 Å². The zero-order valence-corrected chi connectivity index (χ0v) is 17.5. The summed E-state index contributed by atoms with van der Waals surface area (Å²) in [6, 6.07) is 17.6. The minimum Gasteiger partial charge on any atom is -0.339 e. The number of primary sulfonamides is 1. The summed E-state index contributed by atoms with van der Waals surface area (Å²) >= 11 is 1.49. The van der Waals surface area contributed by atoms with Crippen LogP contribution < -0.4 is 10.5 Å². The summed E-state index contributed by atoms with van der Waals surface area (Å²) in [6.45, 7) is 4.07. The van der Waals surface area contributed by atoms with Gasteiger partial charge in [-0.15, -0.1) is 0 Å². The Hall–Kier alpha value is -2.93. The Kier molecular flexibility index (Phi) is 6.17. The van der Waals surface area contributed by atoms with Crippen LogP contribution in [-0.2, 0) is 10.0 Å². The SMILES string of the molecule is CC(C)Sc1nc(Nc2ccc(S(N)(=O)=O)cc2)c(C#N)c(-c2ccccc2)n1. The predicted octanol–water partition coefficient (Wildman–Crippen LogP) is 3.91. The van der Waals surface area contributed by atoms with E-state index in [-0.39, 0.29) is 10.1 Å². The highest BCUT2D eigenvalue weighted by atomic mass is 32.2. The maximum atomic E-state index is 11.4. The van der Waals surface area contributed by atoms with Gasteiger partial charge in [0, 0.05) is 16.5 Å². The Morgan fingerprint density at radius 3 is 2.28 bits per heavy atom. The highest BCUT2D eigenvalue weighted by Gasteiger charge is 2.17. The van der Waals surface area contributed by atoms with E-state index in [0.717, 1.165) is 5.56 Å². The molecule has 0 radical (unpaired) electrons. The lowest BCUT2D eigenvalue weighted by molar-refractivity contribution is 0.598. The molecule has 0 saturated carbocycles. The van der Waals surface area contributed by atoms with Crippen LogP contribution in [0.15, 0.2) is 64.6 Å². The van der Waals surface area contributed by atoms with Crippen LogP contribution in [0.2, 0.25) is 0 Å². The number of nitrogens with zero attached hydrogens (tertiary/aromatic N) is 3. The number of nitrogens with two attached hydrogens (primary N) is 1. The van der Waals surface area contributed by atoms with Crippen molar-refractivity contribution < 1.29 is 8.42 Å². The Balaban J connectivity index is 2.08. The van der Waals surface area contributed by atoms with Crippen molar-refractivity contribution >= 4 is 33.3 Å². The van der Waals surface area contributed by atoms with Gasteiger partial charge in [-0.05, 0) is 24.3 Å². The number of aromatic nitrogens is 2. The molecule has 0 aliphatic heterocycles. The molecule has 1 heterocycles. The molecule has 2 aromatic carbocycles. The van der Waals surface area contributed by atoms with Crippen LogP contribution in [0.4, 0.5) is 11.5 Å². The highest BCUT2D eigenvalue weighted by Crippen LogP contribution is 2.31. The molecular formula is C20H19N5O2S2. The van der Waals surface area contributed by atoms with E-state index >= 15 is 0 Å². The first kappa shape index (κ1) is 20.8. The fraction of sp³-hybridized carbons (Fsp3) is 0.150. The number of benzene rings is 2. The third-order valence-corrected chi connectivity index (χ3v) is 5.63.